The minimum atomic E-state index is -2.56. The SMILES string of the molecule is O=C(O)C1(O)C=C(Cl)[C@@H](O)C1(Cl)Cl. The van der Waals surface area contributed by atoms with Crippen molar-refractivity contribution in [3.05, 3.63) is 11.1 Å². The summed E-state index contributed by atoms with van der Waals surface area (Å²) in [6.45, 7) is 0. The zero-order valence-corrected chi connectivity index (χ0v) is 8.31. The molecule has 0 aliphatic heterocycles. The van der Waals surface area contributed by atoms with Gasteiger partial charge in [-0.2, -0.15) is 0 Å². The first-order valence-corrected chi connectivity index (χ1v) is 4.27. The van der Waals surface area contributed by atoms with Crippen molar-refractivity contribution < 1.29 is 20.1 Å². The van der Waals surface area contributed by atoms with Crippen molar-refractivity contribution in [1.29, 1.82) is 0 Å². The van der Waals surface area contributed by atoms with Gasteiger partial charge in [-0.15, -0.1) is 0 Å². The Balaban J connectivity index is 3.22. The zero-order chi connectivity index (χ0) is 10.4. The number of hydrogen-bond acceptors (Lipinski definition) is 3. The summed E-state index contributed by atoms with van der Waals surface area (Å²) in [4.78, 5) is 10.6. The lowest BCUT2D eigenvalue weighted by Crippen LogP contribution is -2.53. The molecule has 3 N–H and O–H groups in total. The van der Waals surface area contributed by atoms with Crippen LogP contribution in [0.1, 0.15) is 0 Å². The third-order valence-electron chi connectivity index (χ3n) is 1.79. The Labute approximate surface area is 88.3 Å². The van der Waals surface area contributed by atoms with Gasteiger partial charge in [-0.05, 0) is 6.08 Å². The lowest BCUT2D eigenvalue weighted by molar-refractivity contribution is -0.155. The summed E-state index contributed by atoms with van der Waals surface area (Å²) in [5.41, 5.74) is -2.56. The Kier molecular flexibility index (Phi) is 2.56. The number of rotatable bonds is 1. The topological polar surface area (TPSA) is 77.8 Å². The second-order valence-corrected chi connectivity index (χ2v) is 4.45. The molecule has 2 atom stereocenters. The molecule has 1 aliphatic rings. The van der Waals surface area contributed by atoms with E-state index in [2.05, 4.69) is 0 Å². The largest absolute Gasteiger partial charge is 0.479 e. The molecule has 7 heteroatoms. The molecule has 0 aromatic carbocycles. The summed E-state index contributed by atoms with van der Waals surface area (Å²) in [7, 11) is 0. The highest BCUT2D eigenvalue weighted by atomic mass is 35.5. The molecule has 0 aromatic rings. The van der Waals surface area contributed by atoms with E-state index in [1.807, 2.05) is 0 Å². The quantitative estimate of drug-likeness (QED) is 0.589. The molecule has 0 fully saturated rings. The van der Waals surface area contributed by atoms with Crippen molar-refractivity contribution in [2.75, 3.05) is 0 Å². The lowest BCUT2D eigenvalue weighted by Gasteiger charge is -2.29. The molecule has 0 heterocycles. The molecule has 0 bridgehead atoms. The molecular weight excluding hydrogens is 242 g/mol. The molecule has 0 spiro atoms. The van der Waals surface area contributed by atoms with Crippen molar-refractivity contribution in [2.24, 2.45) is 0 Å². The Hall–Kier alpha value is -0.000000000000000111. The summed E-state index contributed by atoms with van der Waals surface area (Å²) in [5, 5.41) is 27.0. The number of carboxylic acid groups (broad SMARTS) is 1. The molecule has 0 amide bonds. The Morgan fingerprint density at radius 2 is 2.00 bits per heavy atom. The van der Waals surface area contributed by atoms with Gasteiger partial charge in [0.15, 0.2) is 4.33 Å². The molecule has 1 aliphatic carbocycles. The van der Waals surface area contributed by atoms with Gasteiger partial charge < -0.3 is 15.3 Å². The maximum Gasteiger partial charge on any atom is 0.343 e. The zero-order valence-electron chi connectivity index (χ0n) is 6.04. The second kappa shape index (κ2) is 3.00. The Bertz CT molecular complexity index is 288. The average Bonchev–Trinajstić information content (AvgIpc) is 2.14. The predicted octanol–water partition coefficient (Wildman–Crippen LogP) is 0.473. The normalized spacial score (nSPS) is 37.3. The summed E-state index contributed by atoms with van der Waals surface area (Å²) in [6.07, 6.45) is -0.903. The van der Waals surface area contributed by atoms with Crippen molar-refractivity contribution in [1.82, 2.24) is 0 Å². The summed E-state index contributed by atoms with van der Waals surface area (Å²) >= 11 is 16.3. The van der Waals surface area contributed by atoms with E-state index in [-0.39, 0.29) is 5.03 Å². The van der Waals surface area contributed by atoms with Crippen LogP contribution in [-0.4, -0.2) is 37.3 Å². The highest BCUT2D eigenvalue weighted by Crippen LogP contribution is 2.47. The molecule has 74 valence electrons. The number of aliphatic hydroxyl groups is 2. The van der Waals surface area contributed by atoms with Gasteiger partial charge in [0.25, 0.3) is 0 Å². The minimum absolute atomic E-state index is 0.296. The maximum absolute atomic E-state index is 10.6. The van der Waals surface area contributed by atoms with Gasteiger partial charge in [0.2, 0.25) is 5.60 Å². The van der Waals surface area contributed by atoms with Gasteiger partial charge in [0, 0.05) is 5.03 Å². The molecule has 0 radical (unpaired) electrons. The first-order valence-electron chi connectivity index (χ1n) is 3.13. The third kappa shape index (κ3) is 1.33. The van der Waals surface area contributed by atoms with E-state index >= 15 is 0 Å². The number of carboxylic acids is 1. The average molecular weight is 247 g/mol. The number of hydrogen-bond donors (Lipinski definition) is 3. The van der Waals surface area contributed by atoms with E-state index in [4.69, 9.17) is 39.9 Å². The first-order chi connectivity index (χ1) is 5.73. The molecule has 13 heavy (non-hydrogen) atoms. The molecule has 0 saturated carbocycles. The maximum atomic E-state index is 10.6. The predicted molar refractivity (Wildman–Crippen MR) is 47.0 cm³/mol. The van der Waals surface area contributed by atoms with Crippen LogP contribution in [0, 0.1) is 0 Å². The van der Waals surface area contributed by atoms with E-state index in [0.29, 0.717) is 6.08 Å². The van der Waals surface area contributed by atoms with Crippen molar-refractivity contribution in [3.8, 4) is 0 Å². The van der Waals surface area contributed by atoms with E-state index in [9.17, 15) is 15.0 Å². The van der Waals surface area contributed by atoms with Crippen LogP contribution in [0.5, 0.6) is 0 Å². The smallest absolute Gasteiger partial charge is 0.343 e. The molecule has 0 saturated heterocycles. The van der Waals surface area contributed by atoms with Crippen LogP contribution in [0.25, 0.3) is 0 Å². The van der Waals surface area contributed by atoms with Crippen LogP contribution in [0.4, 0.5) is 0 Å². The van der Waals surface area contributed by atoms with Crippen LogP contribution in [-0.2, 0) is 4.79 Å². The Morgan fingerprint density at radius 1 is 1.54 bits per heavy atom. The Morgan fingerprint density at radius 3 is 2.15 bits per heavy atom. The van der Waals surface area contributed by atoms with Crippen LogP contribution in [0.3, 0.4) is 0 Å². The number of aliphatic hydroxyl groups excluding tert-OH is 1. The molecular formula is C6H5Cl3O4. The van der Waals surface area contributed by atoms with Crippen LogP contribution >= 0.6 is 34.8 Å². The van der Waals surface area contributed by atoms with Gasteiger partial charge in [-0.3, -0.25) is 0 Å². The fraction of sp³-hybridized carbons (Fsp3) is 0.500. The molecule has 0 aromatic heterocycles. The standard InChI is InChI=1S/C6H5Cl3O4/c7-2-1-5(13,4(11)12)6(8,9)3(2)10/h1,3,10,13H,(H,11,12)/t3-,5?/m1/s1. The molecule has 1 unspecified atom stereocenters. The summed E-state index contributed by atoms with van der Waals surface area (Å²) in [6, 6.07) is 0. The highest BCUT2D eigenvalue weighted by Gasteiger charge is 2.62. The minimum Gasteiger partial charge on any atom is -0.479 e. The molecule has 1 rings (SSSR count). The number of carbonyl (C=O) groups is 1. The second-order valence-electron chi connectivity index (χ2n) is 2.63. The van der Waals surface area contributed by atoms with E-state index in [1.54, 1.807) is 0 Å². The van der Waals surface area contributed by atoms with E-state index in [0.717, 1.165) is 0 Å². The van der Waals surface area contributed by atoms with Crippen molar-refractivity contribution >= 4 is 40.8 Å². The van der Waals surface area contributed by atoms with Crippen LogP contribution < -0.4 is 0 Å². The van der Waals surface area contributed by atoms with Gasteiger partial charge in [0.05, 0.1) is 0 Å². The van der Waals surface area contributed by atoms with E-state index < -0.39 is 22.0 Å². The third-order valence-corrected chi connectivity index (χ3v) is 3.09. The van der Waals surface area contributed by atoms with Gasteiger partial charge >= 0.3 is 5.97 Å². The van der Waals surface area contributed by atoms with Crippen LogP contribution in [0.15, 0.2) is 11.1 Å². The van der Waals surface area contributed by atoms with Crippen molar-refractivity contribution in [3.63, 3.8) is 0 Å². The van der Waals surface area contributed by atoms with Crippen molar-refractivity contribution in [2.45, 2.75) is 16.0 Å². The van der Waals surface area contributed by atoms with Gasteiger partial charge in [-0.25, -0.2) is 4.79 Å². The van der Waals surface area contributed by atoms with Crippen LogP contribution in [0.2, 0.25) is 0 Å². The fourth-order valence-electron chi connectivity index (χ4n) is 0.961. The lowest BCUT2D eigenvalue weighted by atomic mass is 10.0. The number of aliphatic carboxylic acids is 1. The molecule has 4 nitrogen and oxygen atoms in total. The number of halogens is 3. The van der Waals surface area contributed by atoms with E-state index in [1.165, 1.54) is 0 Å². The monoisotopic (exact) mass is 246 g/mol. The first kappa shape index (κ1) is 11.1. The number of alkyl halides is 2. The highest BCUT2D eigenvalue weighted by molar-refractivity contribution is 6.53. The van der Waals surface area contributed by atoms with Gasteiger partial charge in [-0.1, -0.05) is 34.8 Å². The summed E-state index contributed by atoms with van der Waals surface area (Å²) in [5.74, 6) is -1.67. The summed E-state index contributed by atoms with van der Waals surface area (Å²) < 4.78 is -2.27. The van der Waals surface area contributed by atoms with Gasteiger partial charge in [0.1, 0.15) is 6.10 Å². The fourth-order valence-corrected chi connectivity index (χ4v) is 1.90.